The number of sulfonamides is 1. The van der Waals surface area contributed by atoms with Gasteiger partial charge in [-0.25, -0.2) is 13.2 Å². The van der Waals surface area contributed by atoms with Crippen LogP contribution in [-0.4, -0.2) is 55.1 Å². The van der Waals surface area contributed by atoms with Crippen molar-refractivity contribution >= 4 is 51.0 Å². The first-order valence-corrected chi connectivity index (χ1v) is 16.0. The summed E-state index contributed by atoms with van der Waals surface area (Å²) in [6.07, 6.45) is 4.50. The van der Waals surface area contributed by atoms with Gasteiger partial charge in [-0.1, -0.05) is 47.5 Å². The molecule has 5 rings (SSSR count). The molecule has 212 valence electrons. The van der Waals surface area contributed by atoms with Crippen LogP contribution >= 0.6 is 35.0 Å². The van der Waals surface area contributed by atoms with Crippen LogP contribution in [0.25, 0.3) is 0 Å². The summed E-state index contributed by atoms with van der Waals surface area (Å²) in [6, 6.07) is 13.4. The lowest BCUT2D eigenvalue weighted by Crippen LogP contribution is -2.40. The van der Waals surface area contributed by atoms with Crippen molar-refractivity contribution in [2.24, 2.45) is 5.92 Å². The molecule has 12 heteroatoms. The van der Waals surface area contributed by atoms with Gasteiger partial charge in [0.05, 0.1) is 28.7 Å². The average Bonchev–Trinajstić information content (AvgIpc) is 3.65. The Morgan fingerprint density at radius 1 is 1.10 bits per heavy atom. The summed E-state index contributed by atoms with van der Waals surface area (Å²) in [6.45, 7) is 0.757. The van der Waals surface area contributed by atoms with Crippen molar-refractivity contribution in [3.63, 3.8) is 0 Å². The molecule has 1 saturated heterocycles. The van der Waals surface area contributed by atoms with E-state index in [1.165, 1.54) is 40.6 Å². The van der Waals surface area contributed by atoms with Gasteiger partial charge >= 0.3 is 5.97 Å². The van der Waals surface area contributed by atoms with Gasteiger partial charge in [0, 0.05) is 31.1 Å². The topological polar surface area (TPSA) is 95.0 Å². The molecule has 0 spiro atoms. The van der Waals surface area contributed by atoms with Gasteiger partial charge < -0.3 is 14.2 Å². The monoisotopic (exact) mass is 622 g/mol. The lowest BCUT2D eigenvalue weighted by molar-refractivity contribution is -0.150. The summed E-state index contributed by atoms with van der Waals surface area (Å²) in [5.41, 5.74) is 1.18. The van der Waals surface area contributed by atoms with Gasteiger partial charge in [-0.3, -0.25) is 4.98 Å². The zero-order chi connectivity index (χ0) is 28.3. The highest BCUT2D eigenvalue weighted by Gasteiger charge is 2.42. The van der Waals surface area contributed by atoms with Crippen LogP contribution in [0.5, 0.6) is 11.5 Å². The second-order valence-corrected chi connectivity index (χ2v) is 13.4. The number of carbonyl (C=O) groups excluding carboxylic acids is 1. The molecular weight excluding hydrogens is 595 g/mol. The predicted octanol–water partition coefficient (Wildman–Crippen LogP) is 5.78. The van der Waals surface area contributed by atoms with Crippen LogP contribution in [0, 0.1) is 5.92 Å². The van der Waals surface area contributed by atoms with Gasteiger partial charge in [-0.05, 0) is 54.2 Å². The van der Waals surface area contributed by atoms with E-state index in [-0.39, 0.29) is 17.9 Å². The lowest BCUT2D eigenvalue weighted by atomic mass is 10.0. The van der Waals surface area contributed by atoms with Crippen molar-refractivity contribution in [3.8, 4) is 11.5 Å². The predicted molar refractivity (Wildman–Crippen MR) is 155 cm³/mol. The van der Waals surface area contributed by atoms with Crippen LogP contribution in [0.15, 0.2) is 65.8 Å². The maximum absolute atomic E-state index is 13.6. The van der Waals surface area contributed by atoms with E-state index in [2.05, 4.69) is 4.98 Å². The van der Waals surface area contributed by atoms with Crippen molar-refractivity contribution in [1.29, 1.82) is 0 Å². The molecule has 2 fully saturated rings. The van der Waals surface area contributed by atoms with Crippen molar-refractivity contribution in [2.45, 2.75) is 35.6 Å². The van der Waals surface area contributed by atoms with E-state index in [0.29, 0.717) is 50.9 Å². The quantitative estimate of drug-likeness (QED) is 0.248. The molecule has 0 N–H and O–H groups in total. The number of hydrogen-bond donors (Lipinski definition) is 0. The van der Waals surface area contributed by atoms with E-state index in [1.807, 2.05) is 0 Å². The molecule has 1 saturated carbocycles. The molecule has 3 aromatic rings. The third kappa shape index (κ3) is 6.52. The molecule has 1 aliphatic carbocycles. The first-order valence-electron chi connectivity index (χ1n) is 12.8. The summed E-state index contributed by atoms with van der Waals surface area (Å²) in [7, 11) is -2.34. The fourth-order valence-electron chi connectivity index (χ4n) is 4.36. The Labute approximate surface area is 248 Å². The molecule has 8 nitrogen and oxygen atoms in total. The van der Waals surface area contributed by atoms with Crippen molar-refractivity contribution in [3.05, 3.63) is 82.1 Å². The number of thioether (sulfide) groups is 1. The first-order chi connectivity index (χ1) is 19.3. The molecule has 1 aliphatic heterocycles. The fourth-order valence-corrected chi connectivity index (χ4v) is 7.94. The van der Waals surface area contributed by atoms with Crippen LogP contribution < -0.4 is 9.47 Å². The molecule has 2 atom stereocenters. The minimum absolute atomic E-state index is 0.120. The molecule has 2 aromatic carbocycles. The highest BCUT2D eigenvalue weighted by molar-refractivity contribution is 8.02. The summed E-state index contributed by atoms with van der Waals surface area (Å²) in [5.74, 6) is 1.39. The first kappa shape index (κ1) is 29.0. The number of benzene rings is 2. The SMILES string of the molecule is COc1ccc(C(Cc2c(Cl)cncc2Cl)OC(=O)[C@@H]2SCCN2S(=O)(=O)c2ccccc2)cc1OCC1CC1. The maximum atomic E-state index is 13.6. The van der Waals surface area contributed by atoms with Gasteiger partial charge in [0.2, 0.25) is 10.0 Å². The Balaban J connectivity index is 1.45. The molecule has 0 radical (unpaired) electrons. The summed E-state index contributed by atoms with van der Waals surface area (Å²) in [4.78, 5) is 17.8. The van der Waals surface area contributed by atoms with E-state index < -0.39 is 27.5 Å². The number of pyridine rings is 1. The third-order valence-corrected chi connectivity index (χ3v) is 10.6. The number of ether oxygens (including phenoxy) is 3. The molecule has 2 aliphatic rings. The Kier molecular flexibility index (Phi) is 9.11. The number of nitrogens with zero attached hydrogens (tertiary/aromatic N) is 2. The molecule has 1 unspecified atom stereocenters. The Hall–Kier alpha value is -2.50. The summed E-state index contributed by atoms with van der Waals surface area (Å²) < 4.78 is 45.5. The van der Waals surface area contributed by atoms with Gasteiger partial charge in [0.1, 0.15) is 6.10 Å². The number of hydrogen-bond acceptors (Lipinski definition) is 8. The van der Waals surface area contributed by atoms with Crippen molar-refractivity contribution in [2.75, 3.05) is 26.0 Å². The van der Waals surface area contributed by atoms with Crippen LogP contribution in [0.4, 0.5) is 0 Å². The number of halogens is 2. The second-order valence-electron chi connectivity index (χ2n) is 9.53. The number of methoxy groups -OCH3 is 1. The highest BCUT2D eigenvalue weighted by Crippen LogP contribution is 2.38. The largest absolute Gasteiger partial charge is 0.493 e. The van der Waals surface area contributed by atoms with E-state index in [0.717, 1.165) is 12.8 Å². The zero-order valence-corrected chi connectivity index (χ0v) is 24.8. The average molecular weight is 624 g/mol. The fraction of sp³-hybridized carbons (Fsp3) is 0.357. The molecular formula is C28H28Cl2N2O6S2. The summed E-state index contributed by atoms with van der Waals surface area (Å²) in [5, 5.41) is -0.383. The molecule has 0 amide bonds. The molecule has 1 aromatic heterocycles. The van der Waals surface area contributed by atoms with Gasteiger partial charge in [-0.15, -0.1) is 11.8 Å². The molecule has 40 heavy (non-hydrogen) atoms. The minimum atomic E-state index is -3.91. The Morgan fingerprint density at radius 2 is 1.82 bits per heavy atom. The number of esters is 1. The standard InChI is InChI=1S/C28H28Cl2N2O6S2/c1-36-24-10-9-19(13-26(24)37-17-18-7-8-18)25(14-21-22(29)15-31-16-23(21)30)38-28(33)27-32(11-12-39-27)40(34,35)20-5-3-2-4-6-20/h2-6,9-10,13,15-16,18,25,27H,7-8,11-12,14,17H2,1H3/t25?,27-/m0/s1. The van der Waals surface area contributed by atoms with Gasteiger partial charge in [0.15, 0.2) is 16.9 Å². The van der Waals surface area contributed by atoms with Crippen molar-refractivity contribution in [1.82, 2.24) is 9.29 Å². The lowest BCUT2D eigenvalue weighted by Gasteiger charge is -2.26. The molecule has 2 heterocycles. The van der Waals surface area contributed by atoms with Crippen LogP contribution in [-0.2, 0) is 26.0 Å². The van der Waals surface area contributed by atoms with Crippen LogP contribution in [0.3, 0.4) is 0 Å². The highest BCUT2D eigenvalue weighted by atomic mass is 35.5. The number of carbonyl (C=O) groups is 1. The smallest absolute Gasteiger partial charge is 0.335 e. The zero-order valence-electron chi connectivity index (χ0n) is 21.7. The van der Waals surface area contributed by atoms with E-state index >= 15 is 0 Å². The van der Waals surface area contributed by atoms with E-state index in [4.69, 9.17) is 37.4 Å². The number of aromatic nitrogens is 1. The van der Waals surface area contributed by atoms with E-state index in [1.54, 1.807) is 43.5 Å². The van der Waals surface area contributed by atoms with E-state index in [9.17, 15) is 13.2 Å². The second kappa shape index (κ2) is 12.6. The van der Waals surface area contributed by atoms with Crippen LogP contribution in [0.2, 0.25) is 10.0 Å². The molecule has 0 bridgehead atoms. The minimum Gasteiger partial charge on any atom is -0.493 e. The van der Waals surface area contributed by atoms with Gasteiger partial charge in [-0.2, -0.15) is 4.31 Å². The third-order valence-electron chi connectivity index (χ3n) is 6.73. The summed E-state index contributed by atoms with van der Waals surface area (Å²) >= 11 is 14.1. The normalized spacial score (nSPS) is 18.3. The Morgan fingerprint density at radius 3 is 2.50 bits per heavy atom. The van der Waals surface area contributed by atoms with Crippen molar-refractivity contribution < 1.29 is 27.4 Å². The number of rotatable bonds is 11. The maximum Gasteiger partial charge on any atom is 0.335 e. The van der Waals surface area contributed by atoms with Crippen LogP contribution in [0.1, 0.15) is 30.1 Å². The van der Waals surface area contributed by atoms with Gasteiger partial charge in [0.25, 0.3) is 0 Å². The Bertz CT molecular complexity index is 1450.